The van der Waals surface area contributed by atoms with Crippen LogP contribution >= 0.6 is 0 Å². The van der Waals surface area contributed by atoms with Gasteiger partial charge in [-0.1, -0.05) is 0 Å². The minimum Gasteiger partial charge on any atom is -0.496 e. The maximum absolute atomic E-state index is 5.37. The molecule has 0 aliphatic carbocycles. The number of anilines is 1. The van der Waals surface area contributed by atoms with Crippen LogP contribution in [-0.2, 0) is 0 Å². The molecule has 1 atom stereocenters. The molecule has 1 aromatic rings. The Morgan fingerprint density at radius 1 is 1.26 bits per heavy atom. The van der Waals surface area contributed by atoms with Gasteiger partial charge in [0, 0.05) is 17.3 Å². The van der Waals surface area contributed by atoms with Crippen molar-refractivity contribution in [1.82, 2.24) is 5.32 Å². The van der Waals surface area contributed by atoms with Gasteiger partial charge in [0.25, 0.3) is 0 Å². The number of rotatable bonds is 3. The first-order valence-corrected chi connectivity index (χ1v) is 7.09. The van der Waals surface area contributed by atoms with Gasteiger partial charge >= 0.3 is 0 Å². The predicted octanol–water partition coefficient (Wildman–Crippen LogP) is 3.25. The first kappa shape index (κ1) is 14.2. The van der Waals surface area contributed by atoms with Crippen LogP contribution < -0.4 is 15.4 Å². The quantitative estimate of drug-likeness (QED) is 0.877. The maximum Gasteiger partial charge on any atom is 0.122 e. The summed E-state index contributed by atoms with van der Waals surface area (Å²) >= 11 is 0. The van der Waals surface area contributed by atoms with E-state index < -0.39 is 0 Å². The zero-order valence-corrected chi connectivity index (χ0v) is 12.8. The number of piperidine rings is 1. The third-order valence-electron chi connectivity index (χ3n) is 4.17. The lowest BCUT2D eigenvalue weighted by Crippen LogP contribution is -2.50. The Morgan fingerprint density at radius 2 is 2.00 bits per heavy atom. The monoisotopic (exact) mass is 262 g/mol. The molecule has 0 aromatic heterocycles. The molecule has 2 rings (SSSR count). The standard InChI is InChI=1S/C16H26N2O/c1-11-12(2)15(19-5)7-6-14(11)18-13-8-9-17-16(3,4)10-13/h6-7,13,17-18H,8-10H2,1-5H3. The Morgan fingerprint density at radius 3 is 2.63 bits per heavy atom. The van der Waals surface area contributed by atoms with Crippen LogP contribution in [0.25, 0.3) is 0 Å². The highest BCUT2D eigenvalue weighted by Crippen LogP contribution is 2.29. The highest BCUT2D eigenvalue weighted by Gasteiger charge is 2.27. The molecule has 1 heterocycles. The molecule has 1 aliphatic rings. The van der Waals surface area contributed by atoms with E-state index >= 15 is 0 Å². The minimum atomic E-state index is 0.228. The summed E-state index contributed by atoms with van der Waals surface area (Å²) in [7, 11) is 1.73. The van der Waals surface area contributed by atoms with Gasteiger partial charge in [-0.15, -0.1) is 0 Å². The van der Waals surface area contributed by atoms with Crippen molar-refractivity contribution in [3.8, 4) is 5.75 Å². The van der Waals surface area contributed by atoms with Gasteiger partial charge in [-0.2, -0.15) is 0 Å². The molecule has 0 amide bonds. The lowest BCUT2D eigenvalue weighted by Gasteiger charge is -2.37. The lowest BCUT2D eigenvalue weighted by atomic mass is 9.89. The molecule has 19 heavy (non-hydrogen) atoms. The molecule has 1 fully saturated rings. The second-order valence-corrected chi connectivity index (χ2v) is 6.21. The van der Waals surface area contributed by atoms with Gasteiger partial charge in [-0.3, -0.25) is 0 Å². The third kappa shape index (κ3) is 3.21. The fourth-order valence-corrected chi connectivity index (χ4v) is 2.89. The van der Waals surface area contributed by atoms with Gasteiger partial charge in [0.05, 0.1) is 7.11 Å². The molecule has 1 aliphatic heterocycles. The second kappa shape index (κ2) is 5.41. The number of hydrogen-bond acceptors (Lipinski definition) is 3. The van der Waals surface area contributed by atoms with E-state index in [-0.39, 0.29) is 5.54 Å². The fourth-order valence-electron chi connectivity index (χ4n) is 2.89. The summed E-state index contributed by atoms with van der Waals surface area (Å²) < 4.78 is 5.37. The van der Waals surface area contributed by atoms with Gasteiger partial charge in [0.15, 0.2) is 0 Å². The number of hydrogen-bond donors (Lipinski definition) is 2. The Bertz CT molecular complexity index is 454. The summed E-state index contributed by atoms with van der Waals surface area (Å²) in [6, 6.07) is 4.73. The summed E-state index contributed by atoms with van der Waals surface area (Å²) in [4.78, 5) is 0. The highest BCUT2D eigenvalue weighted by molar-refractivity contribution is 5.58. The molecule has 2 N–H and O–H groups in total. The van der Waals surface area contributed by atoms with Gasteiger partial charge in [-0.05, 0) is 70.3 Å². The van der Waals surface area contributed by atoms with Crippen LogP contribution in [-0.4, -0.2) is 25.2 Å². The molecule has 1 saturated heterocycles. The third-order valence-corrected chi connectivity index (χ3v) is 4.17. The molecular weight excluding hydrogens is 236 g/mol. The summed E-state index contributed by atoms with van der Waals surface area (Å²) in [5.74, 6) is 0.966. The lowest BCUT2D eigenvalue weighted by molar-refractivity contribution is 0.286. The molecule has 0 bridgehead atoms. The van der Waals surface area contributed by atoms with Crippen LogP contribution in [0, 0.1) is 13.8 Å². The van der Waals surface area contributed by atoms with Gasteiger partial charge in [-0.25, -0.2) is 0 Å². The normalized spacial score (nSPS) is 22.1. The van der Waals surface area contributed by atoms with Crippen LogP contribution in [0.15, 0.2) is 12.1 Å². The zero-order valence-electron chi connectivity index (χ0n) is 12.8. The number of benzene rings is 1. The average molecular weight is 262 g/mol. The van der Waals surface area contributed by atoms with Crippen molar-refractivity contribution in [2.75, 3.05) is 19.0 Å². The van der Waals surface area contributed by atoms with Crippen molar-refractivity contribution >= 4 is 5.69 Å². The van der Waals surface area contributed by atoms with E-state index in [2.05, 4.69) is 50.5 Å². The van der Waals surface area contributed by atoms with Crippen LogP contribution in [0.2, 0.25) is 0 Å². The molecule has 3 nitrogen and oxygen atoms in total. The van der Waals surface area contributed by atoms with E-state index in [4.69, 9.17) is 4.74 Å². The summed E-state index contributed by atoms with van der Waals surface area (Å²) in [5.41, 5.74) is 3.98. The Kier molecular flexibility index (Phi) is 4.04. The summed E-state index contributed by atoms with van der Waals surface area (Å²) in [6.45, 7) is 9.90. The van der Waals surface area contributed by atoms with Gasteiger partial charge < -0.3 is 15.4 Å². The predicted molar refractivity (Wildman–Crippen MR) is 81.2 cm³/mol. The van der Waals surface area contributed by atoms with E-state index in [9.17, 15) is 0 Å². The Hall–Kier alpha value is -1.22. The van der Waals surface area contributed by atoms with E-state index in [0.29, 0.717) is 6.04 Å². The van der Waals surface area contributed by atoms with Crippen molar-refractivity contribution in [2.24, 2.45) is 0 Å². The van der Waals surface area contributed by atoms with Crippen molar-refractivity contribution in [2.45, 2.75) is 52.1 Å². The van der Waals surface area contributed by atoms with E-state index in [1.807, 2.05) is 0 Å². The molecule has 106 valence electrons. The summed E-state index contributed by atoms with van der Waals surface area (Å²) in [6.07, 6.45) is 2.32. The van der Waals surface area contributed by atoms with Crippen LogP contribution in [0.1, 0.15) is 37.8 Å². The van der Waals surface area contributed by atoms with E-state index in [1.165, 1.54) is 23.2 Å². The fraction of sp³-hybridized carbons (Fsp3) is 0.625. The zero-order chi connectivity index (χ0) is 14.0. The smallest absolute Gasteiger partial charge is 0.122 e. The molecule has 0 spiro atoms. The Balaban J connectivity index is 2.13. The van der Waals surface area contributed by atoms with Gasteiger partial charge in [0.2, 0.25) is 0 Å². The average Bonchev–Trinajstić information content (AvgIpc) is 2.34. The van der Waals surface area contributed by atoms with Crippen molar-refractivity contribution in [3.63, 3.8) is 0 Å². The van der Waals surface area contributed by atoms with Crippen molar-refractivity contribution in [3.05, 3.63) is 23.3 Å². The first-order chi connectivity index (χ1) is 8.93. The number of methoxy groups -OCH3 is 1. The van der Waals surface area contributed by atoms with Crippen LogP contribution in [0.5, 0.6) is 5.75 Å². The SMILES string of the molecule is COc1ccc(NC2CCNC(C)(C)C2)c(C)c1C. The van der Waals surface area contributed by atoms with Crippen molar-refractivity contribution in [1.29, 1.82) is 0 Å². The molecule has 0 saturated carbocycles. The summed E-state index contributed by atoms with van der Waals surface area (Å²) in [5, 5.41) is 7.26. The largest absolute Gasteiger partial charge is 0.496 e. The van der Waals surface area contributed by atoms with Gasteiger partial charge in [0.1, 0.15) is 5.75 Å². The molecule has 1 aromatic carbocycles. The van der Waals surface area contributed by atoms with Crippen molar-refractivity contribution < 1.29 is 4.74 Å². The number of nitrogens with one attached hydrogen (secondary N) is 2. The van der Waals surface area contributed by atoms with E-state index in [0.717, 1.165) is 18.7 Å². The topological polar surface area (TPSA) is 33.3 Å². The Labute approximate surface area is 116 Å². The highest BCUT2D eigenvalue weighted by atomic mass is 16.5. The molecule has 0 radical (unpaired) electrons. The van der Waals surface area contributed by atoms with E-state index in [1.54, 1.807) is 7.11 Å². The molecule has 1 unspecified atom stereocenters. The maximum atomic E-state index is 5.37. The second-order valence-electron chi connectivity index (χ2n) is 6.21. The molecular formula is C16H26N2O. The van der Waals surface area contributed by atoms with Crippen LogP contribution in [0.3, 0.4) is 0 Å². The molecule has 3 heteroatoms. The first-order valence-electron chi connectivity index (χ1n) is 7.09. The van der Waals surface area contributed by atoms with Crippen LogP contribution in [0.4, 0.5) is 5.69 Å². The minimum absolute atomic E-state index is 0.228. The number of ether oxygens (including phenoxy) is 1.